The maximum atomic E-state index is 11.7. The number of aliphatic imine (C=N–C) groups is 1. The molecule has 4 nitrogen and oxygen atoms in total. The van der Waals surface area contributed by atoms with E-state index in [1.54, 1.807) is 24.3 Å². The number of carbonyl (C=O) groups is 1. The minimum atomic E-state index is -0.478. The van der Waals surface area contributed by atoms with Gasteiger partial charge in [0.25, 0.3) is 5.91 Å². The summed E-state index contributed by atoms with van der Waals surface area (Å²) in [7, 11) is 0. The van der Waals surface area contributed by atoms with Crippen molar-refractivity contribution in [3.8, 4) is 11.1 Å². The predicted molar refractivity (Wildman–Crippen MR) is 84.3 cm³/mol. The Bertz CT molecular complexity index is 652. The molecule has 0 radical (unpaired) electrons. The maximum absolute atomic E-state index is 11.7. The van der Waals surface area contributed by atoms with E-state index in [0.29, 0.717) is 10.6 Å². The van der Waals surface area contributed by atoms with E-state index >= 15 is 0 Å². The van der Waals surface area contributed by atoms with Gasteiger partial charge in [-0.15, -0.1) is 12.4 Å². The van der Waals surface area contributed by atoms with E-state index in [0.717, 1.165) is 11.1 Å². The van der Waals surface area contributed by atoms with Gasteiger partial charge in [-0.25, -0.2) is 0 Å². The molecule has 104 valence electrons. The highest BCUT2D eigenvalue weighted by Crippen LogP contribution is 2.28. The molecule has 0 heterocycles. The van der Waals surface area contributed by atoms with Crippen molar-refractivity contribution in [3.63, 3.8) is 0 Å². The van der Waals surface area contributed by atoms with Crippen molar-refractivity contribution in [2.24, 2.45) is 16.5 Å². The lowest BCUT2D eigenvalue weighted by molar-refractivity contribution is 0.100. The molecule has 0 bridgehead atoms. The third-order valence-electron chi connectivity index (χ3n) is 2.53. The van der Waals surface area contributed by atoms with Gasteiger partial charge < -0.3 is 11.5 Å². The van der Waals surface area contributed by atoms with Crippen molar-refractivity contribution in [1.82, 2.24) is 0 Å². The van der Waals surface area contributed by atoms with Gasteiger partial charge in [-0.1, -0.05) is 41.9 Å². The van der Waals surface area contributed by atoms with E-state index in [2.05, 4.69) is 4.99 Å². The molecule has 0 saturated heterocycles. The Balaban J connectivity index is 0.00000200. The molecule has 0 atom stereocenters. The van der Waals surface area contributed by atoms with Crippen molar-refractivity contribution in [3.05, 3.63) is 59.1 Å². The van der Waals surface area contributed by atoms with Crippen molar-refractivity contribution in [2.45, 2.75) is 0 Å². The van der Waals surface area contributed by atoms with Gasteiger partial charge in [-0.05, 0) is 23.8 Å². The number of carbonyl (C=O) groups excluding carboxylic acids is 1. The van der Waals surface area contributed by atoms with Crippen LogP contribution < -0.4 is 11.5 Å². The molecule has 1 amide bonds. The number of rotatable bonds is 2. The fourth-order valence-corrected chi connectivity index (χ4v) is 1.94. The van der Waals surface area contributed by atoms with Crippen LogP contribution in [0.1, 0.15) is 10.4 Å². The SMILES string of the molecule is Cl.NC(N)=NC(=O)c1cccc(-c2ccccc2Cl)c1. The van der Waals surface area contributed by atoms with Gasteiger partial charge in [-0.3, -0.25) is 4.79 Å². The maximum Gasteiger partial charge on any atom is 0.280 e. The zero-order valence-corrected chi connectivity index (χ0v) is 12.0. The van der Waals surface area contributed by atoms with E-state index in [1.165, 1.54) is 0 Å². The summed E-state index contributed by atoms with van der Waals surface area (Å²) >= 11 is 6.12. The van der Waals surface area contributed by atoms with Crippen LogP contribution in [0.3, 0.4) is 0 Å². The number of benzene rings is 2. The average Bonchev–Trinajstić information content (AvgIpc) is 2.38. The first-order valence-corrected chi connectivity index (χ1v) is 5.94. The summed E-state index contributed by atoms with van der Waals surface area (Å²) < 4.78 is 0. The molecule has 0 spiro atoms. The highest BCUT2D eigenvalue weighted by molar-refractivity contribution is 6.33. The Morgan fingerprint density at radius 3 is 2.40 bits per heavy atom. The molecule has 0 fully saturated rings. The third kappa shape index (κ3) is 3.73. The standard InChI is InChI=1S/C14H12ClN3O.ClH/c15-12-7-2-1-6-11(12)9-4-3-5-10(8-9)13(19)18-14(16)17;/h1-8H,(H4,16,17,18,19);1H. The lowest BCUT2D eigenvalue weighted by Crippen LogP contribution is -2.24. The molecule has 4 N–H and O–H groups in total. The van der Waals surface area contributed by atoms with E-state index in [9.17, 15) is 4.79 Å². The highest BCUT2D eigenvalue weighted by Gasteiger charge is 2.08. The predicted octanol–water partition coefficient (Wildman–Crippen LogP) is 2.84. The number of amides is 1. The lowest BCUT2D eigenvalue weighted by atomic mass is 10.0. The molecule has 2 aromatic rings. The summed E-state index contributed by atoms with van der Waals surface area (Å²) in [5.41, 5.74) is 12.5. The van der Waals surface area contributed by atoms with Gasteiger partial charge in [0.05, 0.1) is 0 Å². The molecule has 0 unspecified atom stereocenters. The van der Waals surface area contributed by atoms with Gasteiger partial charge in [0, 0.05) is 16.1 Å². The zero-order valence-electron chi connectivity index (χ0n) is 10.4. The zero-order chi connectivity index (χ0) is 13.8. The Morgan fingerprint density at radius 1 is 1.05 bits per heavy atom. The summed E-state index contributed by atoms with van der Waals surface area (Å²) in [5, 5.41) is 0.619. The molecular weight excluding hydrogens is 297 g/mol. The molecule has 0 aliphatic carbocycles. The summed E-state index contributed by atoms with van der Waals surface area (Å²) in [4.78, 5) is 15.2. The Morgan fingerprint density at radius 2 is 1.75 bits per heavy atom. The van der Waals surface area contributed by atoms with Crippen LogP contribution in [0.2, 0.25) is 5.02 Å². The monoisotopic (exact) mass is 309 g/mol. The minimum Gasteiger partial charge on any atom is -0.370 e. The number of nitrogens with two attached hydrogens (primary N) is 2. The summed E-state index contributed by atoms with van der Waals surface area (Å²) in [5.74, 6) is -0.734. The quantitative estimate of drug-likeness (QED) is 0.661. The smallest absolute Gasteiger partial charge is 0.280 e. The molecule has 6 heteroatoms. The first-order chi connectivity index (χ1) is 9.08. The second-order valence-electron chi connectivity index (χ2n) is 3.90. The van der Waals surface area contributed by atoms with E-state index in [1.807, 2.05) is 24.3 Å². The Hall–Kier alpha value is -2.04. The Kier molecular flexibility index (Phi) is 5.55. The Labute approximate surface area is 127 Å². The highest BCUT2D eigenvalue weighted by atomic mass is 35.5. The fourth-order valence-electron chi connectivity index (χ4n) is 1.70. The molecule has 0 saturated carbocycles. The van der Waals surface area contributed by atoms with Gasteiger partial charge in [0.2, 0.25) is 0 Å². The number of hydrogen-bond acceptors (Lipinski definition) is 1. The average molecular weight is 310 g/mol. The van der Waals surface area contributed by atoms with Crippen molar-refractivity contribution < 1.29 is 4.79 Å². The van der Waals surface area contributed by atoms with Crippen LogP contribution in [-0.2, 0) is 0 Å². The molecule has 2 aromatic carbocycles. The van der Waals surface area contributed by atoms with Crippen molar-refractivity contribution in [1.29, 1.82) is 0 Å². The van der Waals surface area contributed by atoms with Crippen LogP contribution in [-0.4, -0.2) is 11.9 Å². The van der Waals surface area contributed by atoms with Gasteiger partial charge in [-0.2, -0.15) is 4.99 Å². The largest absolute Gasteiger partial charge is 0.370 e. The number of hydrogen-bond donors (Lipinski definition) is 2. The van der Waals surface area contributed by atoms with Crippen LogP contribution in [0.4, 0.5) is 0 Å². The van der Waals surface area contributed by atoms with E-state index < -0.39 is 5.91 Å². The van der Waals surface area contributed by atoms with Crippen LogP contribution in [0.25, 0.3) is 11.1 Å². The third-order valence-corrected chi connectivity index (χ3v) is 2.85. The first kappa shape index (κ1) is 16.0. The summed E-state index contributed by atoms with van der Waals surface area (Å²) in [6, 6.07) is 14.4. The van der Waals surface area contributed by atoms with E-state index in [4.69, 9.17) is 23.1 Å². The number of halogens is 2. The molecule has 2 rings (SSSR count). The normalized spacial score (nSPS) is 9.45. The van der Waals surface area contributed by atoms with Crippen molar-refractivity contribution >= 4 is 35.9 Å². The van der Waals surface area contributed by atoms with Crippen LogP contribution in [0.5, 0.6) is 0 Å². The molecular formula is C14H13Cl2N3O. The topological polar surface area (TPSA) is 81.5 Å². The molecule has 0 aliphatic heterocycles. The van der Waals surface area contributed by atoms with Crippen molar-refractivity contribution in [2.75, 3.05) is 0 Å². The molecule has 0 aliphatic rings. The summed E-state index contributed by atoms with van der Waals surface area (Å²) in [6.45, 7) is 0. The second kappa shape index (κ2) is 6.93. The number of guanidine groups is 1. The van der Waals surface area contributed by atoms with Crippen LogP contribution in [0.15, 0.2) is 53.5 Å². The fraction of sp³-hybridized carbons (Fsp3) is 0. The van der Waals surface area contributed by atoms with E-state index in [-0.39, 0.29) is 18.4 Å². The molecule has 0 aromatic heterocycles. The van der Waals surface area contributed by atoms with Crippen LogP contribution >= 0.6 is 24.0 Å². The van der Waals surface area contributed by atoms with Gasteiger partial charge >= 0.3 is 0 Å². The second-order valence-corrected chi connectivity index (χ2v) is 4.31. The lowest BCUT2D eigenvalue weighted by Gasteiger charge is -2.05. The molecule has 20 heavy (non-hydrogen) atoms. The minimum absolute atomic E-state index is 0. The first-order valence-electron chi connectivity index (χ1n) is 5.57. The summed E-state index contributed by atoms with van der Waals surface area (Å²) in [6.07, 6.45) is 0. The van der Waals surface area contributed by atoms with Gasteiger partial charge in [0.1, 0.15) is 0 Å². The van der Waals surface area contributed by atoms with Crippen LogP contribution in [0, 0.1) is 0 Å². The number of nitrogens with zero attached hydrogens (tertiary/aromatic N) is 1. The van der Waals surface area contributed by atoms with Gasteiger partial charge in [0.15, 0.2) is 5.96 Å².